The van der Waals surface area contributed by atoms with Crippen LogP contribution in [0.1, 0.15) is 49.3 Å². The van der Waals surface area contributed by atoms with Gasteiger partial charge in [0, 0.05) is 16.8 Å². The summed E-state index contributed by atoms with van der Waals surface area (Å²) in [6.45, 7) is 2.89. The van der Waals surface area contributed by atoms with Crippen molar-refractivity contribution in [3.05, 3.63) is 82.1 Å². The lowest BCUT2D eigenvalue weighted by Gasteiger charge is -2.13. The van der Waals surface area contributed by atoms with Gasteiger partial charge in [-0.25, -0.2) is 0 Å². The van der Waals surface area contributed by atoms with Crippen LogP contribution in [0.25, 0.3) is 11.1 Å². The molecule has 0 radical (unpaired) electrons. The molecule has 2 aromatic rings. The molecular formula is C22H27NSi. The summed E-state index contributed by atoms with van der Waals surface area (Å²) >= 11 is 0. The Labute approximate surface area is 148 Å². The Morgan fingerprint density at radius 1 is 0.958 bits per heavy atom. The molecule has 2 aromatic carbocycles. The van der Waals surface area contributed by atoms with Crippen molar-refractivity contribution in [2.24, 2.45) is 5.73 Å². The lowest BCUT2D eigenvalue weighted by atomic mass is 9.91. The summed E-state index contributed by atoms with van der Waals surface area (Å²) in [5, 5.41) is 1.67. The van der Waals surface area contributed by atoms with Gasteiger partial charge in [0.2, 0.25) is 0 Å². The highest BCUT2D eigenvalue weighted by Gasteiger charge is 2.23. The maximum Gasteiger partial charge on any atom is 0.0341 e. The normalized spacial score (nSPS) is 14.8. The average molecular weight is 334 g/mol. The van der Waals surface area contributed by atoms with Crippen molar-refractivity contribution in [2.75, 3.05) is 0 Å². The van der Waals surface area contributed by atoms with Crippen LogP contribution >= 0.6 is 0 Å². The smallest absolute Gasteiger partial charge is 0.0341 e. The average Bonchev–Trinajstić information content (AvgIpc) is 2.97. The predicted molar refractivity (Wildman–Crippen MR) is 109 cm³/mol. The van der Waals surface area contributed by atoms with Crippen molar-refractivity contribution in [1.29, 1.82) is 0 Å². The molecule has 0 amide bonds. The zero-order chi connectivity index (χ0) is 16.9. The van der Waals surface area contributed by atoms with Gasteiger partial charge in [-0.3, -0.25) is 0 Å². The topological polar surface area (TPSA) is 26.0 Å². The molecule has 3 rings (SSSR count). The second-order valence-electron chi connectivity index (χ2n) is 6.66. The van der Waals surface area contributed by atoms with E-state index in [9.17, 15) is 0 Å². The minimum atomic E-state index is 0.608. The maximum absolute atomic E-state index is 5.76. The predicted octanol–water partition coefficient (Wildman–Crippen LogP) is 4.27. The van der Waals surface area contributed by atoms with E-state index in [1.54, 1.807) is 10.8 Å². The minimum Gasteiger partial charge on any atom is -0.326 e. The first-order chi connectivity index (χ1) is 11.7. The van der Waals surface area contributed by atoms with Gasteiger partial charge >= 0.3 is 0 Å². The molecule has 0 fully saturated rings. The van der Waals surface area contributed by atoms with E-state index in [1.165, 1.54) is 47.1 Å². The molecule has 124 valence electrons. The quantitative estimate of drug-likeness (QED) is 0.785. The number of allylic oxidation sites excluding steroid dienone is 4. The van der Waals surface area contributed by atoms with Crippen molar-refractivity contribution in [2.45, 2.75) is 39.2 Å². The highest BCUT2D eigenvalue weighted by Crippen LogP contribution is 2.44. The van der Waals surface area contributed by atoms with Gasteiger partial charge in [0.15, 0.2) is 0 Å². The fourth-order valence-corrected chi connectivity index (χ4v) is 4.44. The zero-order valence-electron chi connectivity index (χ0n) is 14.8. The van der Waals surface area contributed by atoms with E-state index in [2.05, 4.69) is 61.5 Å². The van der Waals surface area contributed by atoms with Gasteiger partial charge in [-0.2, -0.15) is 0 Å². The van der Waals surface area contributed by atoms with Crippen LogP contribution < -0.4 is 5.73 Å². The van der Waals surface area contributed by atoms with Crippen LogP contribution in [0, 0.1) is 0 Å². The molecule has 24 heavy (non-hydrogen) atoms. The second-order valence-corrected chi connectivity index (χ2v) is 7.87. The molecule has 1 nitrogen and oxygen atoms in total. The molecule has 0 aromatic heterocycles. The Hall–Kier alpha value is -1.90. The summed E-state index contributed by atoms with van der Waals surface area (Å²) in [5.74, 6) is 0. The SMILES string of the molecule is CCCCC1=C([SiH3])CC(c2ccc(CN)cc2)=C1c1ccccc1. The Morgan fingerprint density at radius 2 is 1.67 bits per heavy atom. The molecule has 0 heterocycles. The minimum absolute atomic E-state index is 0.608. The number of rotatable bonds is 6. The summed E-state index contributed by atoms with van der Waals surface area (Å²) in [7, 11) is 1.15. The standard InChI is InChI=1S/C22H27NSi/c1-2-3-9-19-21(24)14-20(17-12-10-16(15-23)11-13-17)22(19)18-7-5-4-6-8-18/h4-8,10-13H,2-3,9,14-15,23H2,1,24H3. The van der Waals surface area contributed by atoms with Gasteiger partial charge in [-0.1, -0.05) is 73.1 Å². The van der Waals surface area contributed by atoms with Crippen molar-refractivity contribution >= 4 is 21.4 Å². The molecule has 0 bridgehead atoms. The largest absolute Gasteiger partial charge is 0.326 e. The van der Waals surface area contributed by atoms with Crippen molar-refractivity contribution in [3.63, 3.8) is 0 Å². The monoisotopic (exact) mass is 333 g/mol. The van der Waals surface area contributed by atoms with Crippen LogP contribution in [0.5, 0.6) is 0 Å². The first-order valence-electron chi connectivity index (χ1n) is 9.01. The fraction of sp³-hybridized carbons (Fsp3) is 0.273. The Bertz CT molecular complexity index is 754. The molecule has 0 saturated carbocycles. The van der Waals surface area contributed by atoms with E-state index in [0.29, 0.717) is 6.54 Å². The van der Waals surface area contributed by atoms with Gasteiger partial charge in [0.25, 0.3) is 0 Å². The number of hydrogen-bond acceptors (Lipinski definition) is 1. The molecule has 0 spiro atoms. The fourth-order valence-electron chi connectivity index (χ4n) is 3.59. The summed E-state index contributed by atoms with van der Waals surface area (Å²) in [4.78, 5) is 0. The van der Waals surface area contributed by atoms with Crippen molar-refractivity contribution in [3.8, 4) is 0 Å². The Morgan fingerprint density at radius 3 is 2.29 bits per heavy atom. The zero-order valence-corrected chi connectivity index (χ0v) is 16.8. The first kappa shape index (κ1) is 16.9. The van der Waals surface area contributed by atoms with Crippen molar-refractivity contribution in [1.82, 2.24) is 0 Å². The third kappa shape index (κ3) is 3.45. The molecule has 1 aliphatic rings. The summed E-state index contributed by atoms with van der Waals surface area (Å²) < 4.78 is 0. The van der Waals surface area contributed by atoms with Crippen LogP contribution in [0.4, 0.5) is 0 Å². The van der Waals surface area contributed by atoms with Crippen LogP contribution in [0.15, 0.2) is 65.4 Å². The van der Waals surface area contributed by atoms with Gasteiger partial charge < -0.3 is 5.73 Å². The highest BCUT2D eigenvalue weighted by atomic mass is 28.1. The molecule has 0 saturated heterocycles. The van der Waals surface area contributed by atoms with E-state index in [4.69, 9.17) is 5.73 Å². The molecular weight excluding hydrogens is 306 g/mol. The van der Waals surface area contributed by atoms with Gasteiger partial charge in [-0.15, -0.1) is 0 Å². The molecule has 0 atom stereocenters. The summed E-state index contributed by atoms with van der Waals surface area (Å²) in [6.07, 6.45) is 4.86. The Kier molecular flexibility index (Phi) is 5.49. The molecule has 0 unspecified atom stereocenters. The van der Waals surface area contributed by atoms with Crippen molar-refractivity contribution < 1.29 is 0 Å². The summed E-state index contributed by atoms with van der Waals surface area (Å²) in [5.41, 5.74) is 14.3. The third-order valence-corrected chi connectivity index (χ3v) is 5.90. The summed E-state index contributed by atoms with van der Waals surface area (Å²) in [6, 6.07) is 19.8. The lowest BCUT2D eigenvalue weighted by molar-refractivity contribution is 0.799. The number of hydrogen-bond donors (Lipinski definition) is 1. The molecule has 1 aliphatic carbocycles. The van der Waals surface area contributed by atoms with Crippen LogP contribution in [-0.2, 0) is 6.54 Å². The molecule has 0 aliphatic heterocycles. The second kappa shape index (κ2) is 7.78. The van der Waals surface area contributed by atoms with E-state index in [0.717, 1.165) is 16.7 Å². The van der Waals surface area contributed by atoms with Gasteiger partial charge in [-0.05, 0) is 52.7 Å². The van der Waals surface area contributed by atoms with E-state index in [1.807, 2.05) is 0 Å². The molecule has 2 N–H and O–H groups in total. The number of nitrogens with two attached hydrogens (primary N) is 1. The van der Waals surface area contributed by atoms with Gasteiger partial charge in [0.05, 0.1) is 0 Å². The number of unbranched alkanes of at least 4 members (excludes halogenated alkanes) is 1. The van der Waals surface area contributed by atoms with E-state index >= 15 is 0 Å². The van der Waals surface area contributed by atoms with E-state index < -0.39 is 0 Å². The molecule has 2 heteroatoms. The highest BCUT2D eigenvalue weighted by molar-refractivity contribution is 6.27. The lowest BCUT2D eigenvalue weighted by Crippen LogP contribution is -1.96. The van der Waals surface area contributed by atoms with Crippen LogP contribution in [0.3, 0.4) is 0 Å². The van der Waals surface area contributed by atoms with Crippen LogP contribution in [-0.4, -0.2) is 10.2 Å². The Balaban J connectivity index is 2.08. The van der Waals surface area contributed by atoms with E-state index in [-0.39, 0.29) is 0 Å². The third-order valence-electron chi connectivity index (χ3n) is 4.94. The number of benzene rings is 2. The first-order valence-corrected chi connectivity index (χ1v) is 10.0. The van der Waals surface area contributed by atoms with Crippen LogP contribution in [0.2, 0.25) is 0 Å². The maximum atomic E-state index is 5.76. The van der Waals surface area contributed by atoms with Gasteiger partial charge in [0.1, 0.15) is 0 Å².